The highest BCUT2D eigenvalue weighted by Crippen LogP contribution is 2.60. The van der Waals surface area contributed by atoms with Crippen LogP contribution < -0.4 is 0 Å². The molecule has 5 rings (SSSR count). The van der Waals surface area contributed by atoms with Gasteiger partial charge in [0.05, 0.1) is 42.7 Å². The number of carbonyl (C=O) groups excluding carboxylic acids is 3. The van der Waals surface area contributed by atoms with Gasteiger partial charge in [-0.15, -0.1) is 11.7 Å². The number of nitrogens with zero attached hydrogens (tertiary/aromatic N) is 5. The lowest BCUT2D eigenvalue weighted by Gasteiger charge is -2.38. The predicted molar refractivity (Wildman–Crippen MR) is 135 cm³/mol. The zero-order valence-electron chi connectivity index (χ0n) is 20.7. The molecule has 0 radical (unpaired) electrons. The van der Waals surface area contributed by atoms with E-state index in [4.69, 9.17) is 9.47 Å². The Morgan fingerprint density at radius 3 is 2.89 bits per heavy atom. The van der Waals surface area contributed by atoms with Gasteiger partial charge in [0, 0.05) is 11.4 Å². The van der Waals surface area contributed by atoms with Crippen molar-refractivity contribution in [3.8, 4) is 0 Å². The molecule has 3 unspecified atom stereocenters. The number of fused-ring (bicyclic) bond motifs is 2. The highest BCUT2D eigenvalue weighted by atomic mass is 79.9. The maximum Gasteiger partial charge on any atom is 0.312 e. The van der Waals surface area contributed by atoms with E-state index in [0.717, 1.165) is 5.52 Å². The summed E-state index contributed by atoms with van der Waals surface area (Å²) in [6.07, 6.45) is 1.37. The van der Waals surface area contributed by atoms with Crippen LogP contribution in [0, 0.1) is 11.8 Å². The summed E-state index contributed by atoms with van der Waals surface area (Å²) in [6, 6.07) is 5.70. The van der Waals surface area contributed by atoms with Crippen molar-refractivity contribution in [2.75, 3.05) is 19.8 Å². The Hall–Kier alpha value is -2.83. The number of aromatic nitrogens is 3. The number of ether oxygens (including phenoxy) is 2. The van der Waals surface area contributed by atoms with Crippen LogP contribution >= 0.6 is 15.9 Å². The molecule has 1 aromatic carbocycles. The number of aliphatic hydroxyl groups excluding tert-OH is 1. The third-order valence-corrected chi connectivity index (χ3v) is 8.49. The number of para-hydroxylation sites is 1. The quantitative estimate of drug-likeness (QED) is 0.267. The fourth-order valence-electron chi connectivity index (χ4n) is 6.15. The molecule has 11 nitrogen and oxygen atoms in total. The number of likely N-dealkylation sites (tertiary alicyclic amines) is 1. The lowest BCUT2D eigenvalue weighted by Crippen LogP contribution is -2.58. The molecule has 1 N–H and O–H groups in total. The second-order valence-electron chi connectivity index (χ2n) is 9.76. The number of esters is 1. The molecule has 0 aliphatic carbocycles. The summed E-state index contributed by atoms with van der Waals surface area (Å²) >= 11 is 3.63. The molecule has 37 heavy (non-hydrogen) atoms. The smallest absolute Gasteiger partial charge is 0.312 e. The van der Waals surface area contributed by atoms with Crippen molar-refractivity contribution >= 4 is 44.7 Å². The van der Waals surface area contributed by atoms with E-state index in [-0.39, 0.29) is 43.1 Å². The molecule has 1 aromatic heterocycles. The second kappa shape index (κ2) is 9.80. The van der Waals surface area contributed by atoms with Gasteiger partial charge in [-0.05, 0) is 32.4 Å². The van der Waals surface area contributed by atoms with E-state index in [1.54, 1.807) is 24.6 Å². The SMILES string of the molecule is C=CCN(Cn1nnc2ccccc21)C(=O)C1N([C@H](C)CO)C(=O)[C@@H]2[C@H](C(=O)OCC)[C@H]3OC12CC3Br. The lowest BCUT2D eigenvalue weighted by molar-refractivity contribution is -0.156. The van der Waals surface area contributed by atoms with Crippen LogP contribution in [0.4, 0.5) is 0 Å². The van der Waals surface area contributed by atoms with Crippen LogP contribution in [0.2, 0.25) is 0 Å². The first kappa shape index (κ1) is 25.8. The molecule has 3 aliphatic heterocycles. The molecule has 2 bridgehead atoms. The number of carbonyl (C=O) groups is 3. The van der Waals surface area contributed by atoms with Crippen molar-refractivity contribution in [2.45, 2.75) is 55.6 Å². The van der Waals surface area contributed by atoms with E-state index in [1.807, 2.05) is 24.3 Å². The van der Waals surface area contributed by atoms with E-state index in [2.05, 4.69) is 32.8 Å². The number of halogens is 1. The third kappa shape index (κ3) is 3.88. The van der Waals surface area contributed by atoms with E-state index < -0.39 is 41.6 Å². The van der Waals surface area contributed by atoms with E-state index >= 15 is 0 Å². The number of aliphatic hydroxyl groups is 1. The summed E-state index contributed by atoms with van der Waals surface area (Å²) in [6.45, 7) is 7.26. The Morgan fingerprint density at radius 1 is 1.43 bits per heavy atom. The molecule has 2 aromatic rings. The first-order valence-electron chi connectivity index (χ1n) is 12.4. The summed E-state index contributed by atoms with van der Waals surface area (Å²) in [4.78, 5) is 43.9. The summed E-state index contributed by atoms with van der Waals surface area (Å²) in [5, 5.41) is 18.4. The van der Waals surface area contributed by atoms with Crippen LogP contribution in [0.1, 0.15) is 20.3 Å². The highest BCUT2D eigenvalue weighted by Gasteiger charge is 2.77. The first-order valence-corrected chi connectivity index (χ1v) is 13.3. The van der Waals surface area contributed by atoms with E-state index in [1.165, 1.54) is 9.80 Å². The van der Waals surface area contributed by atoms with Gasteiger partial charge in [-0.25, -0.2) is 4.68 Å². The Kier molecular flexibility index (Phi) is 6.84. The average Bonchev–Trinajstić information content (AvgIpc) is 3.60. The number of benzene rings is 1. The van der Waals surface area contributed by atoms with Crippen molar-refractivity contribution in [3.63, 3.8) is 0 Å². The predicted octanol–water partition coefficient (Wildman–Crippen LogP) is 1.10. The summed E-state index contributed by atoms with van der Waals surface area (Å²) in [5.74, 6) is -3.00. The Balaban J connectivity index is 1.55. The normalized spacial score (nSPS) is 31.0. The molecular formula is C25H30BrN5O6. The second-order valence-corrected chi connectivity index (χ2v) is 10.9. The van der Waals surface area contributed by atoms with Gasteiger partial charge in [0.1, 0.15) is 23.8 Å². The molecule has 3 saturated heterocycles. The number of amides is 2. The molecule has 198 valence electrons. The van der Waals surface area contributed by atoms with Gasteiger partial charge >= 0.3 is 5.97 Å². The maximum absolute atomic E-state index is 14.3. The van der Waals surface area contributed by atoms with Crippen molar-refractivity contribution in [1.29, 1.82) is 0 Å². The van der Waals surface area contributed by atoms with Gasteiger partial charge in [0.15, 0.2) is 0 Å². The van der Waals surface area contributed by atoms with Gasteiger partial charge in [0.25, 0.3) is 0 Å². The average molecular weight is 576 g/mol. The first-order chi connectivity index (χ1) is 17.8. The number of hydrogen-bond acceptors (Lipinski definition) is 8. The van der Waals surface area contributed by atoms with Gasteiger partial charge in [-0.3, -0.25) is 14.4 Å². The Labute approximate surface area is 222 Å². The molecular weight excluding hydrogens is 546 g/mol. The lowest BCUT2D eigenvalue weighted by atomic mass is 9.70. The summed E-state index contributed by atoms with van der Waals surface area (Å²) in [5.41, 5.74) is 0.206. The molecule has 3 fully saturated rings. The Morgan fingerprint density at radius 2 is 2.19 bits per heavy atom. The third-order valence-electron chi connectivity index (χ3n) is 7.64. The molecule has 12 heteroatoms. The Bertz CT molecular complexity index is 1240. The van der Waals surface area contributed by atoms with E-state index in [0.29, 0.717) is 11.9 Å². The van der Waals surface area contributed by atoms with Gasteiger partial charge in [0.2, 0.25) is 11.8 Å². The van der Waals surface area contributed by atoms with Crippen LogP contribution in [0.5, 0.6) is 0 Å². The minimum absolute atomic E-state index is 0.0701. The minimum Gasteiger partial charge on any atom is -0.466 e. The van der Waals surface area contributed by atoms with Crippen molar-refractivity contribution in [2.24, 2.45) is 11.8 Å². The largest absolute Gasteiger partial charge is 0.466 e. The van der Waals surface area contributed by atoms with Crippen molar-refractivity contribution in [3.05, 3.63) is 36.9 Å². The standard InChI is InChI=1S/C25H30BrN5O6/c1-4-10-29(13-30-17-9-7-6-8-16(17)27-28-30)23(34)21-25-11-15(26)20(37-25)18(24(35)36-5-2)19(25)22(33)31(21)14(3)12-32/h4,6-9,14-15,18-21,32H,1,5,10-13H2,2-3H3/t14-,15?,18+,19+,20+,21?,25?/m1/s1. The number of hydrogen-bond donors (Lipinski definition) is 1. The maximum atomic E-state index is 14.3. The van der Waals surface area contributed by atoms with Crippen molar-refractivity contribution < 1.29 is 29.0 Å². The fraction of sp³-hybridized carbons (Fsp3) is 0.560. The highest BCUT2D eigenvalue weighted by molar-refractivity contribution is 9.09. The van der Waals surface area contributed by atoms with Crippen molar-refractivity contribution in [1.82, 2.24) is 24.8 Å². The molecule has 0 saturated carbocycles. The fourth-order valence-corrected chi connectivity index (χ4v) is 7.09. The summed E-state index contributed by atoms with van der Waals surface area (Å²) < 4.78 is 13.4. The summed E-state index contributed by atoms with van der Waals surface area (Å²) in [7, 11) is 0. The monoisotopic (exact) mass is 575 g/mol. The van der Waals surface area contributed by atoms with Crippen LogP contribution in [0.15, 0.2) is 36.9 Å². The number of alkyl halides is 1. The van der Waals surface area contributed by atoms with Crippen LogP contribution in [-0.2, 0) is 30.5 Å². The molecule has 1 spiro atoms. The zero-order chi connectivity index (χ0) is 26.5. The van der Waals surface area contributed by atoms with Crippen LogP contribution in [0.25, 0.3) is 11.0 Å². The van der Waals surface area contributed by atoms with Crippen LogP contribution in [0.3, 0.4) is 0 Å². The topological polar surface area (TPSA) is 127 Å². The molecule has 2 amide bonds. The van der Waals surface area contributed by atoms with E-state index in [9.17, 15) is 19.5 Å². The molecule has 7 atom stereocenters. The van der Waals surface area contributed by atoms with Crippen LogP contribution in [-0.4, -0.2) is 96.1 Å². The molecule has 4 heterocycles. The zero-order valence-corrected chi connectivity index (χ0v) is 22.3. The number of rotatable bonds is 9. The van der Waals surface area contributed by atoms with Gasteiger partial charge in [-0.1, -0.05) is 39.4 Å². The van der Waals surface area contributed by atoms with Gasteiger partial charge < -0.3 is 24.4 Å². The van der Waals surface area contributed by atoms with Gasteiger partial charge in [-0.2, -0.15) is 0 Å². The minimum atomic E-state index is -1.24. The molecule has 3 aliphatic rings.